The summed E-state index contributed by atoms with van der Waals surface area (Å²) in [4.78, 5) is 12.9. The molecule has 0 bridgehead atoms. The highest BCUT2D eigenvalue weighted by atomic mass is 16.2. The third-order valence-electron chi connectivity index (χ3n) is 2.85. The molecular weight excluding hydrogens is 164 g/mol. The molecule has 1 fully saturated rings. The normalized spacial score (nSPS) is 19.3. The minimum atomic E-state index is 0.204. The van der Waals surface area contributed by atoms with Crippen LogP contribution in [0.15, 0.2) is 0 Å². The smallest absolute Gasteiger partial charge is 0.223 e. The average molecular weight is 184 g/mol. The van der Waals surface area contributed by atoms with E-state index < -0.39 is 0 Å². The Labute approximate surface area is 80.5 Å². The highest BCUT2D eigenvalue weighted by molar-refractivity contribution is 5.75. The summed E-state index contributed by atoms with van der Waals surface area (Å²) >= 11 is 0. The molecule has 0 aromatic heterocycles. The van der Waals surface area contributed by atoms with E-state index in [1.165, 1.54) is 19.3 Å². The summed E-state index contributed by atoms with van der Waals surface area (Å²) in [6.07, 6.45) is 4.44. The summed E-state index contributed by atoms with van der Waals surface area (Å²) in [5, 5.41) is 3.43. The van der Waals surface area contributed by atoms with Crippen molar-refractivity contribution in [2.75, 3.05) is 20.6 Å². The van der Waals surface area contributed by atoms with Crippen molar-refractivity contribution in [3.63, 3.8) is 0 Å². The molecule has 0 aromatic carbocycles. The first-order chi connectivity index (χ1) is 6.03. The Morgan fingerprint density at radius 2 is 2.08 bits per heavy atom. The van der Waals surface area contributed by atoms with Crippen LogP contribution in [0, 0.1) is 0 Å². The number of hydrogen-bond donors (Lipinski definition) is 1. The number of rotatable bonds is 4. The van der Waals surface area contributed by atoms with E-state index in [0.29, 0.717) is 12.0 Å². The Kier molecular flexibility index (Phi) is 3.31. The second-order valence-corrected chi connectivity index (χ2v) is 4.38. The lowest BCUT2D eigenvalue weighted by Crippen LogP contribution is -2.49. The van der Waals surface area contributed by atoms with E-state index in [2.05, 4.69) is 12.2 Å². The van der Waals surface area contributed by atoms with E-state index in [1.807, 2.05) is 0 Å². The average Bonchev–Trinajstić information content (AvgIpc) is 2.01. The Bertz CT molecular complexity index is 185. The van der Waals surface area contributed by atoms with Crippen LogP contribution in [0.4, 0.5) is 0 Å². The summed E-state index contributed by atoms with van der Waals surface area (Å²) in [5.74, 6) is 0.204. The minimum absolute atomic E-state index is 0.204. The zero-order valence-corrected chi connectivity index (χ0v) is 8.89. The topological polar surface area (TPSA) is 32.3 Å². The highest BCUT2D eigenvalue weighted by Gasteiger charge is 2.30. The summed E-state index contributed by atoms with van der Waals surface area (Å²) in [7, 11) is 3.60. The van der Waals surface area contributed by atoms with Crippen LogP contribution in [-0.2, 0) is 4.79 Å². The zero-order chi connectivity index (χ0) is 9.90. The van der Waals surface area contributed by atoms with Gasteiger partial charge in [0.15, 0.2) is 0 Å². The van der Waals surface area contributed by atoms with E-state index in [0.717, 1.165) is 6.54 Å². The van der Waals surface area contributed by atoms with Gasteiger partial charge >= 0.3 is 0 Å². The van der Waals surface area contributed by atoms with Gasteiger partial charge in [-0.25, -0.2) is 0 Å². The first-order valence-electron chi connectivity index (χ1n) is 4.99. The molecule has 0 unspecified atom stereocenters. The van der Waals surface area contributed by atoms with Crippen molar-refractivity contribution in [2.24, 2.45) is 0 Å². The van der Waals surface area contributed by atoms with Gasteiger partial charge in [-0.3, -0.25) is 4.79 Å². The first-order valence-corrected chi connectivity index (χ1v) is 4.99. The fourth-order valence-electron chi connectivity index (χ4n) is 1.58. The quantitative estimate of drug-likeness (QED) is 0.707. The van der Waals surface area contributed by atoms with E-state index in [1.54, 1.807) is 19.0 Å². The van der Waals surface area contributed by atoms with Gasteiger partial charge in [-0.1, -0.05) is 0 Å². The van der Waals surface area contributed by atoms with E-state index in [-0.39, 0.29) is 5.91 Å². The van der Waals surface area contributed by atoms with E-state index in [9.17, 15) is 4.79 Å². The maximum atomic E-state index is 11.2. The molecule has 0 radical (unpaired) electrons. The first kappa shape index (κ1) is 10.5. The van der Waals surface area contributed by atoms with Gasteiger partial charge in [-0.15, -0.1) is 0 Å². The predicted octanol–water partition coefficient (Wildman–Crippen LogP) is 0.997. The fourth-order valence-corrected chi connectivity index (χ4v) is 1.58. The molecule has 1 amide bonds. The Hall–Kier alpha value is -0.570. The number of nitrogens with zero attached hydrogens (tertiary/aromatic N) is 1. The lowest BCUT2D eigenvalue weighted by Gasteiger charge is -2.39. The van der Waals surface area contributed by atoms with Gasteiger partial charge in [-0.2, -0.15) is 0 Å². The van der Waals surface area contributed by atoms with Crippen LogP contribution in [0.1, 0.15) is 32.6 Å². The molecule has 1 rings (SSSR count). The van der Waals surface area contributed by atoms with Crippen molar-refractivity contribution in [2.45, 2.75) is 38.1 Å². The number of nitrogens with one attached hydrogen (secondary N) is 1. The van der Waals surface area contributed by atoms with Crippen molar-refractivity contribution >= 4 is 5.91 Å². The SMILES string of the molecule is CN(C)C(=O)CCNC1(C)CCC1. The molecule has 76 valence electrons. The van der Waals surface area contributed by atoms with Crippen molar-refractivity contribution < 1.29 is 4.79 Å². The third-order valence-corrected chi connectivity index (χ3v) is 2.85. The Morgan fingerprint density at radius 1 is 1.46 bits per heavy atom. The molecule has 1 N–H and O–H groups in total. The molecule has 1 saturated carbocycles. The predicted molar refractivity (Wildman–Crippen MR) is 53.6 cm³/mol. The van der Waals surface area contributed by atoms with E-state index >= 15 is 0 Å². The number of carbonyl (C=O) groups is 1. The van der Waals surface area contributed by atoms with Crippen LogP contribution in [-0.4, -0.2) is 37.0 Å². The van der Waals surface area contributed by atoms with Gasteiger partial charge in [0.2, 0.25) is 5.91 Å². The molecule has 0 aromatic rings. The Balaban J connectivity index is 2.10. The fraction of sp³-hybridized carbons (Fsp3) is 0.900. The number of carbonyl (C=O) groups excluding carboxylic acids is 1. The highest BCUT2D eigenvalue weighted by Crippen LogP contribution is 2.30. The molecule has 3 nitrogen and oxygen atoms in total. The summed E-state index contributed by atoms with van der Waals surface area (Å²) in [6.45, 7) is 3.05. The van der Waals surface area contributed by atoms with Gasteiger partial charge in [0.1, 0.15) is 0 Å². The van der Waals surface area contributed by atoms with Crippen molar-refractivity contribution in [3.05, 3.63) is 0 Å². The van der Waals surface area contributed by atoms with Crippen LogP contribution in [0.3, 0.4) is 0 Å². The zero-order valence-electron chi connectivity index (χ0n) is 8.89. The van der Waals surface area contributed by atoms with Crippen molar-refractivity contribution in [1.82, 2.24) is 10.2 Å². The summed E-state index contributed by atoms with van der Waals surface area (Å²) in [5.41, 5.74) is 0.326. The Morgan fingerprint density at radius 3 is 2.46 bits per heavy atom. The largest absolute Gasteiger partial charge is 0.349 e. The van der Waals surface area contributed by atoms with Crippen LogP contribution < -0.4 is 5.32 Å². The molecule has 1 aliphatic rings. The molecule has 3 heteroatoms. The summed E-state index contributed by atoms with van der Waals surface area (Å²) in [6, 6.07) is 0. The van der Waals surface area contributed by atoms with Gasteiger partial charge in [0.25, 0.3) is 0 Å². The minimum Gasteiger partial charge on any atom is -0.349 e. The maximum Gasteiger partial charge on any atom is 0.223 e. The molecule has 0 saturated heterocycles. The van der Waals surface area contributed by atoms with Gasteiger partial charge < -0.3 is 10.2 Å². The van der Waals surface area contributed by atoms with Crippen LogP contribution in [0.5, 0.6) is 0 Å². The standard InChI is InChI=1S/C10H20N2O/c1-10(6-4-7-10)11-8-5-9(13)12(2)3/h11H,4-8H2,1-3H3. The number of hydrogen-bond acceptors (Lipinski definition) is 2. The van der Waals surface area contributed by atoms with Crippen molar-refractivity contribution in [3.8, 4) is 0 Å². The number of amides is 1. The summed E-state index contributed by atoms with van der Waals surface area (Å²) < 4.78 is 0. The molecular formula is C10H20N2O. The van der Waals surface area contributed by atoms with Crippen LogP contribution >= 0.6 is 0 Å². The lowest BCUT2D eigenvalue weighted by atomic mass is 9.78. The third kappa shape index (κ3) is 2.99. The van der Waals surface area contributed by atoms with Crippen LogP contribution in [0.2, 0.25) is 0 Å². The van der Waals surface area contributed by atoms with E-state index in [4.69, 9.17) is 0 Å². The van der Waals surface area contributed by atoms with Gasteiger partial charge in [-0.05, 0) is 26.2 Å². The molecule has 0 heterocycles. The second-order valence-electron chi connectivity index (χ2n) is 4.38. The monoisotopic (exact) mass is 184 g/mol. The molecule has 0 aliphatic heterocycles. The van der Waals surface area contributed by atoms with Crippen molar-refractivity contribution in [1.29, 1.82) is 0 Å². The lowest BCUT2D eigenvalue weighted by molar-refractivity contribution is -0.128. The maximum absolute atomic E-state index is 11.2. The van der Waals surface area contributed by atoms with Crippen LogP contribution in [0.25, 0.3) is 0 Å². The van der Waals surface area contributed by atoms with Gasteiger partial charge in [0, 0.05) is 32.6 Å². The molecule has 1 aliphatic carbocycles. The van der Waals surface area contributed by atoms with Gasteiger partial charge in [0.05, 0.1) is 0 Å². The molecule has 0 spiro atoms. The molecule has 13 heavy (non-hydrogen) atoms. The second kappa shape index (κ2) is 4.09. The molecule has 0 atom stereocenters.